The van der Waals surface area contributed by atoms with Crippen molar-refractivity contribution in [3.8, 4) is 0 Å². The summed E-state index contributed by atoms with van der Waals surface area (Å²) in [6.45, 7) is 9.94. The summed E-state index contributed by atoms with van der Waals surface area (Å²) in [4.78, 5) is 12.0. The van der Waals surface area contributed by atoms with E-state index in [-0.39, 0.29) is 12.1 Å². The number of benzene rings is 1. The van der Waals surface area contributed by atoms with E-state index in [1.54, 1.807) is 0 Å². The van der Waals surface area contributed by atoms with E-state index in [2.05, 4.69) is 31.3 Å². The second-order valence-corrected chi connectivity index (χ2v) is 6.11. The van der Waals surface area contributed by atoms with Crippen molar-refractivity contribution in [3.05, 3.63) is 35.9 Å². The van der Waals surface area contributed by atoms with Gasteiger partial charge in [-0.05, 0) is 32.3 Å². The molecule has 20 heavy (non-hydrogen) atoms. The first-order valence-electron chi connectivity index (χ1n) is 7.41. The zero-order valence-corrected chi connectivity index (χ0v) is 13.3. The van der Waals surface area contributed by atoms with Crippen molar-refractivity contribution >= 4 is 6.09 Å². The molecule has 0 radical (unpaired) electrons. The number of carbonyl (C=O) groups excluding carboxylic acids is 1. The van der Waals surface area contributed by atoms with Crippen LogP contribution in [0.5, 0.6) is 0 Å². The number of nitrogens with one attached hydrogen (secondary N) is 1. The molecule has 1 N–H and O–H groups in total. The average molecular weight is 277 g/mol. The molecule has 0 spiro atoms. The van der Waals surface area contributed by atoms with Crippen molar-refractivity contribution in [3.63, 3.8) is 0 Å². The fourth-order valence-corrected chi connectivity index (χ4v) is 2.33. The van der Waals surface area contributed by atoms with Gasteiger partial charge in [0.15, 0.2) is 0 Å². The maximum atomic E-state index is 12.0. The summed E-state index contributed by atoms with van der Waals surface area (Å²) in [6, 6.07) is 10.1. The first-order valence-corrected chi connectivity index (χ1v) is 7.41. The minimum atomic E-state index is -0.473. The highest BCUT2D eigenvalue weighted by Crippen LogP contribution is 2.27. The summed E-state index contributed by atoms with van der Waals surface area (Å²) in [5, 5.41) is 3.03. The number of hydrogen-bond acceptors (Lipinski definition) is 2. The van der Waals surface area contributed by atoms with Gasteiger partial charge in [-0.25, -0.2) is 4.79 Å². The predicted molar refractivity (Wildman–Crippen MR) is 82.6 cm³/mol. The quantitative estimate of drug-likeness (QED) is 0.848. The molecule has 0 aliphatic heterocycles. The van der Waals surface area contributed by atoms with Gasteiger partial charge in [0, 0.05) is 0 Å². The van der Waals surface area contributed by atoms with E-state index < -0.39 is 5.60 Å². The first kappa shape index (κ1) is 16.5. The Morgan fingerprint density at radius 1 is 1.15 bits per heavy atom. The molecule has 1 amide bonds. The van der Waals surface area contributed by atoms with Gasteiger partial charge in [-0.15, -0.1) is 0 Å². The van der Waals surface area contributed by atoms with E-state index >= 15 is 0 Å². The van der Waals surface area contributed by atoms with Crippen molar-refractivity contribution < 1.29 is 9.53 Å². The molecular weight excluding hydrogens is 250 g/mol. The largest absolute Gasteiger partial charge is 0.444 e. The van der Waals surface area contributed by atoms with Gasteiger partial charge < -0.3 is 10.1 Å². The summed E-state index contributed by atoms with van der Waals surface area (Å²) in [6.07, 6.45) is 1.69. The Kier molecular flexibility index (Phi) is 6.05. The Labute approximate surface area is 122 Å². The van der Waals surface area contributed by atoms with E-state index in [1.807, 2.05) is 39.0 Å². The molecule has 0 saturated carbocycles. The average Bonchev–Trinajstić information content (AvgIpc) is 2.38. The lowest BCUT2D eigenvalue weighted by Crippen LogP contribution is -2.37. The molecule has 3 heteroatoms. The van der Waals surface area contributed by atoms with Crippen molar-refractivity contribution in [2.75, 3.05) is 0 Å². The van der Waals surface area contributed by atoms with Crippen molar-refractivity contribution in [1.29, 1.82) is 0 Å². The molecule has 1 unspecified atom stereocenters. The lowest BCUT2D eigenvalue weighted by molar-refractivity contribution is 0.0482. The number of amides is 1. The van der Waals surface area contributed by atoms with E-state index in [4.69, 9.17) is 4.74 Å². The van der Waals surface area contributed by atoms with E-state index in [1.165, 1.54) is 0 Å². The molecule has 1 atom stereocenters. The molecule has 0 saturated heterocycles. The summed E-state index contributed by atoms with van der Waals surface area (Å²) in [5.74, 6) is 0.407. The molecule has 112 valence electrons. The molecular formula is C17H27NO2. The first-order chi connectivity index (χ1) is 9.37. The number of rotatable bonds is 5. The fourth-order valence-electron chi connectivity index (χ4n) is 2.33. The molecule has 0 aliphatic rings. The molecule has 0 aliphatic carbocycles. The van der Waals surface area contributed by atoms with Crippen LogP contribution >= 0.6 is 0 Å². The maximum absolute atomic E-state index is 12.0. The Balaban J connectivity index is 2.87. The van der Waals surface area contributed by atoms with Gasteiger partial charge in [-0.3, -0.25) is 0 Å². The van der Waals surface area contributed by atoms with Crippen molar-refractivity contribution in [1.82, 2.24) is 5.32 Å². The second kappa shape index (κ2) is 7.32. The highest BCUT2D eigenvalue weighted by Gasteiger charge is 2.25. The third-order valence-electron chi connectivity index (χ3n) is 3.35. The van der Waals surface area contributed by atoms with Crippen molar-refractivity contribution in [2.45, 2.75) is 59.1 Å². The molecule has 1 rings (SSSR count). The minimum Gasteiger partial charge on any atom is -0.444 e. The lowest BCUT2D eigenvalue weighted by Gasteiger charge is -2.28. The Morgan fingerprint density at radius 2 is 1.70 bits per heavy atom. The van der Waals surface area contributed by atoms with Crippen LogP contribution in [0.1, 0.15) is 59.1 Å². The molecule has 0 fully saturated rings. The molecule has 0 bridgehead atoms. The smallest absolute Gasteiger partial charge is 0.408 e. The molecule has 0 aromatic heterocycles. The van der Waals surface area contributed by atoms with Gasteiger partial charge in [-0.2, -0.15) is 0 Å². The van der Waals surface area contributed by atoms with Gasteiger partial charge in [-0.1, -0.05) is 57.0 Å². The number of alkyl carbamates (subject to hydrolysis) is 1. The monoisotopic (exact) mass is 277 g/mol. The number of ether oxygens (including phenoxy) is 1. The zero-order valence-electron chi connectivity index (χ0n) is 13.3. The van der Waals surface area contributed by atoms with Crippen LogP contribution in [0.25, 0.3) is 0 Å². The lowest BCUT2D eigenvalue weighted by atomic mass is 9.89. The van der Waals surface area contributed by atoms with Crippen LogP contribution in [-0.4, -0.2) is 11.7 Å². The summed E-state index contributed by atoms with van der Waals surface area (Å²) in [5.41, 5.74) is 0.659. The van der Waals surface area contributed by atoms with Crippen molar-refractivity contribution in [2.24, 2.45) is 5.92 Å². The fraction of sp³-hybridized carbons (Fsp3) is 0.588. The molecule has 1 aromatic rings. The van der Waals surface area contributed by atoms with Gasteiger partial charge in [0.05, 0.1) is 6.04 Å². The van der Waals surface area contributed by atoms with E-state index in [0.717, 1.165) is 18.4 Å². The van der Waals surface area contributed by atoms with E-state index in [9.17, 15) is 4.79 Å². The van der Waals surface area contributed by atoms with Gasteiger partial charge in [0.25, 0.3) is 0 Å². The van der Waals surface area contributed by atoms with Gasteiger partial charge >= 0.3 is 6.09 Å². The van der Waals surface area contributed by atoms with Crippen LogP contribution in [0.15, 0.2) is 30.3 Å². The molecule has 0 heterocycles. The highest BCUT2D eigenvalue weighted by atomic mass is 16.6. The van der Waals surface area contributed by atoms with Crippen LogP contribution in [0.2, 0.25) is 0 Å². The Hall–Kier alpha value is -1.51. The summed E-state index contributed by atoms with van der Waals surface area (Å²) < 4.78 is 5.38. The third-order valence-corrected chi connectivity index (χ3v) is 3.35. The standard InChI is InChI=1S/C17H27NO2/c1-6-13(7-2)15(14-11-9-8-10-12-14)18-16(19)20-17(3,4)5/h8-13,15H,6-7H2,1-5H3,(H,18,19). The molecule has 3 nitrogen and oxygen atoms in total. The predicted octanol–water partition coefficient (Wildman–Crippen LogP) is 4.69. The van der Waals surface area contributed by atoms with Crippen LogP contribution < -0.4 is 5.32 Å². The van der Waals surface area contributed by atoms with E-state index in [0.29, 0.717) is 5.92 Å². The third kappa shape index (κ3) is 5.24. The Bertz CT molecular complexity index is 405. The van der Waals surface area contributed by atoms with Crippen LogP contribution in [0.4, 0.5) is 4.79 Å². The SMILES string of the molecule is CCC(CC)C(NC(=O)OC(C)(C)C)c1ccccc1. The van der Waals surface area contributed by atoms with Gasteiger partial charge in [0.2, 0.25) is 0 Å². The number of carbonyl (C=O) groups is 1. The summed E-state index contributed by atoms with van der Waals surface area (Å²) in [7, 11) is 0. The normalized spacial score (nSPS) is 13.1. The van der Waals surface area contributed by atoms with Gasteiger partial charge in [0.1, 0.15) is 5.60 Å². The minimum absolute atomic E-state index is 0.000972. The van der Waals surface area contributed by atoms with Crippen LogP contribution in [-0.2, 0) is 4.74 Å². The topological polar surface area (TPSA) is 38.3 Å². The Morgan fingerprint density at radius 3 is 2.15 bits per heavy atom. The molecule has 1 aromatic carbocycles. The van der Waals surface area contributed by atoms with Crippen LogP contribution in [0.3, 0.4) is 0 Å². The number of hydrogen-bond donors (Lipinski definition) is 1. The van der Waals surface area contributed by atoms with Crippen LogP contribution in [0, 0.1) is 5.92 Å². The zero-order chi connectivity index (χ0) is 15.2. The second-order valence-electron chi connectivity index (χ2n) is 6.11. The maximum Gasteiger partial charge on any atom is 0.408 e. The highest BCUT2D eigenvalue weighted by molar-refractivity contribution is 5.68. The summed E-state index contributed by atoms with van der Waals surface area (Å²) >= 11 is 0.